The van der Waals surface area contributed by atoms with Gasteiger partial charge in [0.15, 0.2) is 0 Å². The molecule has 1 aromatic rings. The number of nitrogens with one attached hydrogen (secondary N) is 2. The van der Waals surface area contributed by atoms with E-state index in [9.17, 15) is 9.18 Å². The Kier molecular flexibility index (Phi) is 3.43. The molecule has 1 aliphatic heterocycles. The predicted octanol–water partition coefficient (Wildman–Crippen LogP) is 1.47. The average molecular weight is 236 g/mol. The Hall–Kier alpha value is -1.42. The normalized spacial score (nSPS) is 23.7. The summed E-state index contributed by atoms with van der Waals surface area (Å²) in [6.45, 7) is 5.37. The molecule has 2 unspecified atom stereocenters. The lowest BCUT2D eigenvalue weighted by Crippen LogP contribution is -2.39. The van der Waals surface area contributed by atoms with Crippen LogP contribution in [0.4, 0.5) is 4.39 Å². The highest BCUT2D eigenvalue weighted by atomic mass is 19.1. The maximum absolute atomic E-state index is 13.7. The molecule has 1 aromatic carbocycles. The molecule has 1 aliphatic rings. The van der Waals surface area contributed by atoms with Gasteiger partial charge in [-0.05, 0) is 31.0 Å². The molecular formula is C13H17FN2O. The van der Waals surface area contributed by atoms with Crippen molar-refractivity contribution in [3.8, 4) is 0 Å². The van der Waals surface area contributed by atoms with Crippen molar-refractivity contribution >= 4 is 5.91 Å². The molecule has 0 saturated carbocycles. The molecule has 17 heavy (non-hydrogen) atoms. The Balaban J connectivity index is 2.12. The molecule has 4 heteroatoms. The van der Waals surface area contributed by atoms with Crippen LogP contribution in [0.25, 0.3) is 0 Å². The molecule has 2 rings (SSSR count). The van der Waals surface area contributed by atoms with E-state index in [1.54, 1.807) is 19.1 Å². The molecule has 3 nitrogen and oxygen atoms in total. The lowest BCUT2D eigenvalue weighted by atomic mass is 10.1. The van der Waals surface area contributed by atoms with E-state index in [0.717, 1.165) is 13.1 Å². The van der Waals surface area contributed by atoms with E-state index in [1.807, 2.05) is 0 Å². The second-order valence-corrected chi connectivity index (χ2v) is 4.65. The van der Waals surface area contributed by atoms with Crippen molar-refractivity contribution in [3.05, 3.63) is 35.1 Å². The summed E-state index contributed by atoms with van der Waals surface area (Å²) in [5, 5.41) is 6.07. The summed E-state index contributed by atoms with van der Waals surface area (Å²) in [5.74, 6) is -0.373. The number of carbonyl (C=O) groups excluding carboxylic acids is 1. The second kappa shape index (κ2) is 4.84. The maximum Gasteiger partial charge on any atom is 0.254 e. The van der Waals surface area contributed by atoms with Crippen molar-refractivity contribution in [2.45, 2.75) is 19.9 Å². The van der Waals surface area contributed by atoms with Gasteiger partial charge in [-0.2, -0.15) is 0 Å². The van der Waals surface area contributed by atoms with Gasteiger partial charge in [0, 0.05) is 12.6 Å². The largest absolute Gasteiger partial charge is 0.348 e. The van der Waals surface area contributed by atoms with Crippen LogP contribution in [0.1, 0.15) is 22.8 Å². The first-order valence-electron chi connectivity index (χ1n) is 5.86. The van der Waals surface area contributed by atoms with Gasteiger partial charge >= 0.3 is 0 Å². The van der Waals surface area contributed by atoms with Gasteiger partial charge in [0.25, 0.3) is 5.91 Å². The summed E-state index contributed by atoms with van der Waals surface area (Å²) >= 11 is 0. The Bertz CT molecular complexity index is 433. The molecular weight excluding hydrogens is 219 g/mol. The summed E-state index contributed by atoms with van der Waals surface area (Å²) in [4.78, 5) is 11.9. The molecule has 0 aliphatic carbocycles. The van der Waals surface area contributed by atoms with Gasteiger partial charge in [-0.15, -0.1) is 0 Å². The number of hydrogen-bond acceptors (Lipinski definition) is 2. The van der Waals surface area contributed by atoms with Crippen molar-refractivity contribution in [1.82, 2.24) is 10.6 Å². The first kappa shape index (κ1) is 12.0. The van der Waals surface area contributed by atoms with Crippen LogP contribution < -0.4 is 10.6 Å². The number of hydrogen-bond donors (Lipinski definition) is 2. The van der Waals surface area contributed by atoms with E-state index in [-0.39, 0.29) is 17.5 Å². The quantitative estimate of drug-likeness (QED) is 0.816. The van der Waals surface area contributed by atoms with E-state index in [2.05, 4.69) is 17.6 Å². The van der Waals surface area contributed by atoms with Gasteiger partial charge in [-0.25, -0.2) is 4.39 Å². The summed E-state index contributed by atoms with van der Waals surface area (Å²) in [7, 11) is 0. The molecule has 1 saturated heterocycles. The molecule has 92 valence electrons. The summed E-state index contributed by atoms with van der Waals surface area (Å²) in [6, 6.07) is 4.96. The first-order valence-corrected chi connectivity index (χ1v) is 5.86. The Morgan fingerprint density at radius 1 is 1.47 bits per heavy atom. The van der Waals surface area contributed by atoms with Crippen molar-refractivity contribution in [2.24, 2.45) is 5.92 Å². The van der Waals surface area contributed by atoms with Crippen LogP contribution in [0.3, 0.4) is 0 Å². The molecule has 0 radical (unpaired) electrons. The fourth-order valence-electron chi connectivity index (χ4n) is 2.07. The molecule has 0 aromatic heterocycles. The van der Waals surface area contributed by atoms with Crippen LogP contribution in [-0.2, 0) is 0 Å². The van der Waals surface area contributed by atoms with Crippen LogP contribution in [0.15, 0.2) is 18.2 Å². The van der Waals surface area contributed by atoms with E-state index in [0.29, 0.717) is 11.5 Å². The minimum Gasteiger partial charge on any atom is -0.348 e. The SMILES string of the molecule is Cc1cccc(C(=O)NC2CNCC2C)c1F. The minimum absolute atomic E-state index is 0.0856. The summed E-state index contributed by atoms with van der Waals surface area (Å²) < 4.78 is 13.7. The monoisotopic (exact) mass is 236 g/mol. The van der Waals surface area contributed by atoms with E-state index in [4.69, 9.17) is 0 Å². The summed E-state index contributed by atoms with van der Waals surface area (Å²) in [5.41, 5.74) is 0.624. The van der Waals surface area contributed by atoms with Gasteiger partial charge in [0.05, 0.1) is 5.56 Å². The molecule has 2 N–H and O–H groups in total. The van der Waals surface area contributed by atoms with E-state index >= 15 is 0 Å². The highest BCUT2D eigenvalue weighted by Crippen LogP contribution is 2.13. The van der Waals surface area contributed by atoms with E-state index in [1.165, 1.54) is 6.07 Å². The number of benzene rings is 1. The lowest BCUT2D eigenvalue weighted by molar-refractivity contribution is 0.0928. The van der Waals surface area contributed by atoms with Gasteiger partial charge in [0.2, 0.25) is 0 Å². The number of carbonyl (C=O) groups is 1. The van der Waals surface area contributed by atoms with Crippen LogP contribution in [-0.4, -0.2) is 25.0 Å². The average Bonchev–Trinajstić information content (AvgIpc) is 2.68. The third-order valence-electron chi connectivity index (χ3n) is 3.27. The van der Waals surface area contributed by atoms with Crippen molar-refractivity contribution in [1.29, 1.82) is 0 Å². The predicted molar refractivity (Wildman–Crippen MR) is 64.4 cm³/mol. The molecule has 2 atom stereocenters. The zero-order valence-electron chi connectivity index (χ0n) is 10.1. The minimum atomic E-state index is -0.427. The zero-order valence-corrected chi connectivity index (χ0v) is 10.1. The first-order chi connectivity index (χ1) is 8.09. The number of aryl methyl sites for hydroxylation is 1. The molecule has 1 amide bonds. The van der Waals surface area contributed by atoms with Gasteiger partial charge in [-0.3, -0.25) is 4.79 Å². The molecule has 0 spiro atoms. The zero-order chi connectivity index (χ0) is 12.4. The second-order valence-electron chi connectivity index (χ2n) is 4.65. The fourth-order valence-corrected chi connectivity index (χ4v) is 2.07. The molecule has 1 heterocycles. The Morgan fingerprint density at radius 3 is 2.88 bits per heavy atom. The Labute approximate surface area is 100 Å². The van der Waals surface area contributed by atoms with Gasteiger partial charge in [0.1, 0.15) is 5.82 Å². The fraction of sp³-hybridized carbons (Fsp3) is 0.462. The van der Waals surface area contributed by atoms with Crippen LogP contribution in [0, 0.1) is 18.7 Å². The number of rotatable bonds is 2. The molecule has 1 fully saturated rings. The van der Waals surface area contributed by atoms with Crippen LogP contribution >= 0.6 is 0 Å². The number of amides is 1. The van der Waals surface area contributed by atoms with Crippen molar-refractivity contribution in [3.63, 3.8) is 0 Å². The molecule has 0 bridgehead atoms. The maximum atomic E-state index is 13.7. The Morgan fingerprint density at radius 2 is 2.24 bits per heavy atom. The smallest absolute Gasteiger partial charge is 0.254 e. The van der Waals surface area contributed by atoms with Crippen molar-refractivity contribution in [2.75, 3.05) is 13.1 Å². The third-order valence-corrected chi connectivity index (χ3v) is 3.27. The van der Waals surface area contributed by atoms with Crippen LogP contribution in [0.2, 0.25) is 0 Å². The van der Waals surface area contributed by atoms with E-state index < -0.39 is 5.82 Å². The van der Waals surface area contributed by atoms with Gasteiger partial charge in [-0.1, -0.05) is 19.1 Å². The highest BCUT2D eigenvalue weighted by Gasteiger charge is 2.25. The third kappa shape index (κ3) is 2.47. The topological polar surface area (TPSA) is 41.1 Å². The lowest BCUT2D eigenvalue weighted by Gasteiger charge is -2.16. The highest BCUT2D eigenvalue weighted by molar-refractivity contribution is 5.94. The summed E-state index contributed by atoms with van der Waals surface area (Å²) in [6.07, 6.45) is 0. The number of halogens is 1. The van der Waals surface area contributed by atoms with Crippen LogP contribution in [0.5, 0.6) is 0 Å². The van der Waals surface area contributed by atoms with Crippen molar-refractivity contribution < 1.29 is 9.18 Å². The standard InChI is InChI=1S/C13H17FN2O/c1-8-4-3-5-10(12(8)14)13(17)16-11-7-15-6-9(11)2/h3-5,9,11,15H,6-7H2,1-2H3,(H,16,17). The van der Waals surface area contributed by atoms with Gasteiger partial charge < -0.3 is 10.6 Å².